The Balaban J connectivity index is 1.93. The molecular weight excluding hydrogens is 258 g/mol. The van der Waals surface area contributed by atoms with E-state index in [9.17, 15) is 9.59 Å². The van der Waals surface area contributed by atoms with E-state index in [1.54, 1.807) is 18.2 Å². The molecule has 0 radical (unpaired) electrons. The Morgan fingerprint density at radius 3 is 3.00 bits per heavy atom. The zero-order chi connectivity index (χ0) is 14.3. The summed E-state index contributed by atoms with van der Waals surface area (Å²) < 4.78 is 0. The first-order chi connectivity index (χ1) is 9.56. The number of carbonyl (C=O) groups excluding carboxylic acids is 1. The first kappa shape index (κ1) is 12.7. The van der Waals surface area contributed by atoms with Gasteiger partial charge in [0.25, 0.3) is 5.91 Å². The molecule has 6 nitrogen and oxygen atoms in total. The van der Waals surface area contributed by atoms with Crippen molar-refractivity contribution in [3.8, 4) is 0 Å². The van der Waals surface area contributed by atoms with Gasteiger partial charge in [-0.3, -0.25) is 4.79 Å². The van der Waals surface area contributed by atoms with Crippen LogP contribution in [0.2, 0.25) is 0 Å². The molecule has 6 heteroatoms. The van der Waals surface area contributed by atoms with Gasteiger partial charge < -0.3 is 15.0 Å². The van der Waals surface area contributed by atoms with Crippen LogP contribution in [0.1, 0.15) is 29.0 Å². The molecule has 20 heavy (non-hydrogen) atoms. The maximum Gasteiger partial charge on any atom is 0.326 e. The van der Waals surface area contributed by atoms with Crippen molar-refractivity contribution in [2.75, 3.05) is 6.54 Å². The molecule has 1 aliphatic rings. The van der Waals surface area contributed by atoms with Gasteiger partial charge in [-0.2, -0.15) is 0 Å². The molecule has 3 rings (SSSR count). The molecule has 2 N–H and O–H groups in total. The maximum absolute atomic E-state index is 12.4. The van der Waals surface area contributed by atoms with Crippen LogP contribution in [0.5, 0.6) is 0 Å². The predicted molar refractivity (Wildman–Crippen MR) is 72.5 cm³/mol. The van der Waals surface area contributed by atoms with E-state index < -0.39 is 12.0 Å². The summed E-state index contributed by atoms with van der Waals surface area (Å²) in [6.07, 6.45) is 1.25. The zero-order valence-electron chi connectivity index (χ0n) is 11.1. The molecule has 0 bridgehead atoms. The molecule has 1 unspecified atom stereocenters. The first-order valence-corrected chi connectivity index (χ1v) is 6.56. The Hall–Kier alpha value is -2.37. The van der Waals surface area contributed by atoms with Crippen molar-refractivity contribution in [1.82, 2.24) is 14.9 Å². The summed E-state index contributed by atoms with van der Waals surface area (Å²) in [7, 11) is 0. The summed E-state index contributed by atoms with van der Waals surface area (Å²) in [5.74, 6) is -0.382. The Morgan fingerprint density at radius 2 is 2.25 bits per heavy atom. The number of nitrogens with one attached hydrogen (secondary N) is 1. The number of carbonyl (C=O) groups is 2. The fourth-order valence-corrected chi connectivity index (χ4v) is 2.70. The molecule has 2 aromatic rings. The number of hydrogen-bond acceptors (Lipinski definition) is 3. The summed E-state index contributed by atoms with van der Waals surface area (Å²) >= 11 is 0. The number of benzene rings is 1. The third-order valence-corrected chi connectivity index (χ3v) is 3.65. The average Bonchev–Trinajstić information content (AvgIpc) is 3.01. The van der Waals surface area contributed by atoms with Gasteiger partial charge in [-0.05, 0) is 38.0 Å². The Bertz CT molecular complexity index is 692. The van der Waals surface area contributed by atoms with Crippen molar-refractivity contribution in [2.24, 2.45) is 0 Å². The number of fused-ring (bicyclic) bond motifs is 1. The fourth-order valence-electron chi connectivity index (χ4n) is 2.70. The molecule has 1 fully saturated rings. The molecule has 1 aromatic carbocycles. The number of likely N-dealkylation sites (tertiary alicyclic amines) is 1. The van der Waals surface area contributed by atoms with Crippen LogP contribution in [0, 0.1) is 6.92 Å². The lowest BCUT2D eigenvalue weighted by Crippen LogP contribution is -2.40. The quantitative estimate of drug-likeness (QED) is 0.869. The Morgan fingerprint density at radius 1 is 1.45 bits per heavy atom. The summed E-state index contributed by atoms with van der Waals surface area (Å²) in [6, 6.07) is 4.50. The van der Waals surface area contributed by atoms with Crippen LogP contribution in [-0.2, 0) is 4.79 Å². The van der Waals surface area contributed by atoms with E-state index in [0.717, 1.165) is 23.3 Å². The summed E-state index contributed by atoms with van der Waals surface area (Å²) in [4.78, 5) is 32.4. The van der Waals surface area contributed by atoms with Crippen LogP contribution in [0.15, 0.2) is 18.2 Å². The highest BCUT2D eigenvalue weighted by Crippen LogP contribution is 2.22. The van der Waals surface area contributed by atoms with Crippen LogP contribution in [0.4, 0.5) is 0 Å². The van der Waals surface area contributed by atoms with Gasteiger partial charge in [-0.1, -0.05) is 0 Å². The number of imidazole rings is 1. The Kier molecular flexibility index (Phi) is 2.93. The topological polar surface area (TPSA) is 86.3 Å². The number of amides is 1. The van der Waals surface area contributed by atoms with Gasteiger partial charge in [-0.15, -0.1) is 0 Å². The van der Waals surface area contributed by atoms with Crippen molar-refractivity contribution in [3.63, 3.8) is 0 Å². The summed E-state index contributed by atoms with van der Waals surface area (Å²) in [5.41, 5.74) is 2.09. The summed E-state index contributed by atoms with van der Waals surface area (Å²) in [6.45, 7) is 2.35. The third kappa shape index (κ3) is 2.03. The largest absolute Gasteiger partial charge is 0.480 e. The highest BCUT2D eigenvalue weighted by Gasteiger charge is 2.34. The van der Waals surface area contributed by atoms with Crippen molar-refractivity contribution in [1.29, 1.82) is 0 Å². The van der Waals surface area contributed by atoms with Crippen LogP contribution >= 0.6 is 0 Å². The number of aliphatic carboxylic acids is 1. The minimum atomic E-state index is -0.936. The molecule has 1 amide bonds. The Labute approximate surface area is 115 Å². The number of aryl methyl sites for hydroxylation is 1. The third-order valence-electron chi connectivity index (χ3n) is 3.65. The lowest BCUT2D eigenvalue weighted by Gasteiger charge is -2.21. The number of carboxylic acids is 1. The molecule has 1 saturated heterocycles. The molecule has 104 valence electrons. The van der Waals surface area contributed by atoms with E-state index in [4.69, 9.17) is 5.11 Å². The molecule has 0 spiro atoms. The highest BCUT2D eigenvalue weighted by molar-refractivity contribution is 5.99. The van der Waals surface area contributed by atoms with E-state index in [0.29, 0.717) is 18.5 Å². The van der Waals surface area contributed by atoms with E-state index in [1.165, 1.54) is 4.90 Å². The number of nitrogens with zero attached hydrogens (tertiary/aromatic N) is 2. The summed E-state index contributed by atoms with van der Waals surface area (Å²) in [5, 5.41) is 9.14. The smallest absolute Gasteiger partial charge is 0.326 e. The van der Waals surface area contributed by atoms with Gasteiger partial charge in [-0.25, -0.2) is 9.78 Å². The van der Waals surface area contributed by atoms with Crippen molar-refractivity contribution < 1.29 is 14.7 Å². The fraction of sp³-hybridized carbons (Fsp3) is 0.357. The van der Waals surface area contributed by atoms with Crippen LogP contribution < -0.4 is 0 Å². The standard InChI is InChI=1S/C14H15N3O3/c1-8-15-10-5-4-9(7-11(10)16-8)13(18)17-6-2-3-12(17)14(19)20/h4-5,7,12H,2-3,6H2,1H3,(H,15,16)(H,19,20). The van der Waals surface area contributed by atoms with E-state index in [2.05, 4.69) is 9.97 Å². The van der Waals surface area contributed by atoms with Crippen LogP contribution in [0.3, 0.4) is 0 Å². The van der Waals surface area contributed by atoms with E-state index in [1.807, 2.05) is 6.92 Å². The predicted octanol–water partition coefficient (Wildman–Crippen LogP) is 1.56. The minimum absolute atomic E-state index is 0.232. The monoisotopic (exact) mass is 273 g/mol. The highest BCUT2D eigenvalue weighted by atomic mass is 16.4. The van der Waals surface area contributed by atoms with Gasteiger partial charge in [0.2, 0.25) is 0 Å². The molecule has 0 saturated carbocycles. The second kappa shape index (κ2) is 4.63. The minimum Gasteiger partial charge on any atom is -0.480 e. The van der Waals surface area contributed by atoms with Crippen molar-refractivity contribution in [3.05, 3.63) is 29.6 Å². The second-order valence-corrected chi connectivity index (χ2v) is 5.05. The molecule has 2 heterocycles. The van der Waals surface area contributed by atoms with Gasteiger partial charge >= 0.3 is 5.97 Å². The van der Waals surface area contributed by atoms with Gasteiger partial charge in [0.05, 0.1) is 11.0 Å². The number of H-pyrrole nitrogens is 1. The number of aromatic nitrogens is 2. The van der Waals surface area contributed by atoms with Crippen molar-refractivity contribution in [2.45, 2.75) is 25.8 Å². The SMILES string of the molecule is Cc1nc2ccc(C(=O)N3CCCC3C(=O)O)cc2[nH]1. The van der Waals surface area contributed by atoms with Crippen LogP contribution in [-0.4, -0.2) is 44.4 Å². The van der Waals surface area contributed by atoms with E-state index in [-0.39, 0.29) is 5.91 Å². The van der Waals surface area contributed by atoms with Crippen molar-refractivity contribution >= 4 is 22.9 Å². The normalized spacial score (nSPS) is 18.6. The lowest BCUT2D eigenvalue weighted by atomic mass is 10.1. The second-order valence-electron chi connectivity index (χ2n) is 5.05. The molecule has 1 aromatic heterocycles. The van der Waals surface area contributed by atoms with Crippen LogP contribution in [0.25, 0.3) is 11.0 Å². The van der Waals surface area contributed by atoms with Gasteiger partial charge in [0.1, 0.15) is 11.9 Å². The maximum atomic E-state index is 12.4. The average molecular weight is 273 g/mol. The first-order valence-electron chi connectivity index (χ1n) is 6.56. The zero-order valence-corrected chi connectivity index (χ0v) is 11.1. The molecule has 1 atom stereocenters. The number of carboxylic acid groups (broad SMARTS) is 1. The number of hydrogen-bond donors (Lipinski definition) is 2. The lowest BCUT2D eigenvalue weighted by molar-refractivity contribution is -0.141. The van der Waals surface area contributed by atoms with Gasteiger partial charge in [0, 0.05) is 12.1 Å². The van der Waals surface area contributed by atoms with Gasteiger partial charge in [0.15, 0.2) is 0 Å². The number of rotatable bonds is 2. The molecule has 0 aliphatic carbocycles. The number of aromatic amines is 1. The van der Waals surface area contributed by atoms with E-state index >= 15 is 0 Å². The molecular formula is C14H15N3O3. The molecule has 1 aliphatic heterocycles.